The molecule has 1 heterocycles. The number of hydrogen-bond acceptors (Lipinski definition) is 5. The van der Waals surface area contributed by atoms with Crippen LogP contribution in [0.4, 0.5) is 0 Å². The van der Waals surface area contributed by atoms with E-state index in [9.17, 15) is 4.79 Å². The Hall–Kier alpha value is -0.650. The van der Waals surface area contributed by atoms with Crippen LogP contribution >= 0.6 is 0 Å². The van der Waals surface area contributed by atoms with E-state index in [1.165, 1.54) is 39.3 Å². The summed E-state index contributed by atoms with van der Waals surface area (Å²) >= 11 is 0. The fourth-order valence-electron chi connectivity index (χ4n) is 3.32. The molecule has 120 valence electrons. The number of methoxy groups -OCH3 is 1. The maximum Gasteiger partial charge on any atom is 0.327 e. The Morgan fingerprint density at radius 3 is 2.29 bits per heavy atom. The lowest BCUT2D eigenvalue weighted by Gasteiger charge is -2.39. The zero-order valence-corrected chi connectivity index (χ0v) is 13.4. The Balaban J connectivity index is 1.49. The highest BCUT2D eigenvalue weighted by Crippen LogP contribution is 2.30. The molecule has 3 aliphatic rings. The Kier molecular flexibility index (Phi) is 4.52. The molecule has 1 unspecified atom stereocenters. The molecule has 0 amide bonds. The van der Waals surface area contributed by atoms with Crippen molar-refractivity contribution >= 4 is 5.97 Å². The molecule has 5 heteroatoms. The highest BCUT2D eigenvalue weighted by molar-refractivity contribution is 5.80. The second-order valence-electron chi connectivity index (χ2n) is 7.26. The molecule has 0 aromatic carbocycles. The van der Waals surface area contributed by atoms with E-state index in [0.29, 0.717) is 6.04 Å². The van der Waals surface area contributed by atoms with Crippen molar-refractivity contribution in [3.05, 3.63) is 0 Å². The summed E-state index contributed by atoms with van der Waals surface area (Å²) in [6.07, 6.45) is 5.21. The monoisotopic (exact) mass is 295 g/mol. The maximum absolute atomic E-state index is 12.2. The lowest BCUT2D eigenvalue weighted by atomic mass is 10.0. The van der Waals surface area contributed by atoms with Gasteiger partial charge in [0.25, 0.3) is 0 Å². The van der Waals surface area contributed by atoms with Crippen molar-refractivity contribution in [3.63, 3.8) is 0 Å². The molecule has 5 nitrogen and oxygen atoms in total. The fourth-order valence-corrected chi connectivity index (χ4v) is 3.32. The van der Waals surface area contributed by atoms with Gasteiger partial charge < -0.3 is 9.64 Å². The summed E-state index contributed by atoms with van der Waals surface area (Å²) in [5.41, 5.74) is -0.561. The maximum atomic E-state index is 12.2. The van der Waals surface area contributed by atoms with Gasteiger partial charge >= 0.3 is 5.97 Å². The number of esters is 1. The van der Waals surface area contributed by atoms with Crippen molar-refractivity contribution in [3.8, 4) is 0 Å². The number of nitrogens with zero attached hydrogens (tertiary/aromatic N) is 2. The molecule has 0 radical (unpaired) electrons. The first-order valence-electron chi connectivity index (χ1n) is 8.40. The normalized spacial score (nSPS) is 27.3. The first kappa shape index (κ1) is 15.3. The van der Waals surface area contributed by atoms with Crippen LogP contribution in [0.1, 0.15) is 32.6 Å². The van der Waals surface area contributed by atoms with Crippen molar-refractivity contribution in [2.75, 3.05) is 46.4 Å². The van der Waals surface area contributed by atoms with Gasteiger partial charge in [0, 0.05) is 45.3 Å². The first-order valence-corrected chi connectivity index (χ1v) is 8.40. The quantitative estimate of drug-likeness (QED) is 0.701. The number of ether oxygens (including phenoxy) is 1. The van der Waals surface area contributed by atoms with Gasteiger partial charge in [0.15, 0.2) is 0 Å². The molecule has 1 N–H and O–H groups in total. The Labute approximate surface area is 128 Å². The third kappa shape index (κ3) is 4.18. The average Bonchev–Trinajstić information content (AvgIpc) is 3.37. The van der Waals surface area contributed by atoms with Crippen LogP contribution in [-0.2, 0) is 9.53 Å². The van der Waals surface area contributed by atoms with Gasteiger partial charge in [0.05, 0.1) is 7.11 Å². The van der Waals surface area contributed by atoms with Gasteiger partial charge in [-0.05, 0) is 38.5 Å². The number of carbonyl (C=O) groups is 1. The number of rotatable bonds is 7. The molecule has 3 rings (SSSR count). The molecule has 2 aliphatic carbocycles. The van der Waals surface area contributed by atoms with E-state index in [-0.39, 0.29) is 5.97 Å². The van der Waals surface area contributed by atoms with Crippen LogP contribution in [0.5, 0.6) is 0 Å². The van der Waals surface area contributed by atoms with Gasteiger partial charge in [-0.1, -0.05) is 0 Å². The minimum absolute atomic E-state index is 0.130. The molecular weight excluding hydrogens is 266 g/mol. The molecular formula is C16H29N3O2. The third-order valence-electron chi connectivity index (χ3n) is 4.95. The number of nitrogens with one attached hydrogen (secondary N) is 1. The molecule has 1 aliphatic heterocycles. The van der Waals surface area contributed by atoms with Crippen LogP contribution in [0.2, 0.25) is 0 Å². The van der Waals surface area contributed by atoms with Gasteiger partial charge in [-0.15, -0.1) is 0 Å². The molecule has 21 heavy (non-hydrogen) atoms. The summed E-state index contributed by atoms with van der Waals surface area (Å²) in [6, 6.07) is 0.505. The smallest absolute Gasteiger partial charge is 0.327 e. The molecule has 0 aromatic heterocycles. The van der Waals surface area contributed by atoms with E-state index >= 15 is 0 Å². The summed E-state index contributed by atoms with van der Waals surface area (Å²) in [5, 5.41) is 3.49. The zero-order valence-electron chi connectivity index (χ0n) is 13.4. The van der Waals surface area contributed by atoms with Crippen molar-refractivity contribution < 1.29 is 9.53 Å². The summed E-state index contributed by atoms with van der Waals surface area (Å²) in [7, 11) is 1.49. The SMILES string of the molecule is COC(=O)C(C)(CN1CCN(CC2CC2)CC1)NC1CC1. The van der Waals surface area contributed by atoms with Gasteiger partial charge in [-0.2, -0.15) is 0 Å². The van der Waals surface area contributed by atoms with Crippen molar-refractivity contribution in [1.29, 1.82) is 0 Å². The van der Waals surface area contributed by atoms with E-state index in [4.69, 9.17) is 4.74 Å². The van der Waals surface area contributed by atoms with Crippen LogP contribution in [0, 0.1) is 5.92 Å². The number of carbonyl (C=O) groups excluding carboxylic acids is 1. The van der Waals surface area contributed by atoms with E-state index in [1.54, 1.807) is 0 Å². The number of piperazine rings is 1. The molecule has 2 saturated carbocycles. The Bertz CT molecular complexity index is 374. The topological polar surface area (TPSA) is 44.8 Å². The van der Waals surface area contributed by atoms with Crippen molar-refractivity contribution in [2.24, 2.45) is 5.92 Å². The molecule has 1 saturated heterocycles. The predicted molar refractivity (Wildman–Crippen MR) is 82.2 cm³/mol. The summed E-state index contributed by atoms with van der Waals surface area (Å²) in [6.45, 7) is 8.43. The lowest BCUT2D eigenvalue weighted by Crippen LogP contribution is -2.60. The summed E-state index contributed by atoms with van der Waals surface area (Å²) < 4.78 is 5.03. The van der Waals surface area contributed by atoms with Crippen LogP contribution in [0.25, 0.3) is 0 Å². The fraction of sp³-hybridized carbons (Fsp3) is 0.938. The lowest BCUT2D eigenvalue weighted by molar-refractivity contribution is -0.149. The molecule has 0 aromatic rings. The average molecular weight is 295 g/mol. The minimum atomic E-state index is -0.561. The summed E-state index contributed by atoms with van der Waals surface area (Å²) in [5.74, 6) is 0.836. The van der Waals surface area contributed by atoms with Gasteiger partial charge in [-0.25, -0.2) is 0 Å². The van der Waals surface area contributed by atoms with Crippen LogP contribution < -0.4 is 5.32 Å². The molecule has 3 fully saturated rings. The van der Waals surface area contributed by atoms with Gasteiger partial charge in [-0.3, -0.25) is 15.0 Å². The highest BCUT2D eigenvalue weighted by atomic mass is 16.5. The van der Waals surface area contributed by atoms with Crippen LogP contribution in [-0.4, -0.2) is 73.7 Å². The van der Waals surface area contributed by atoms with Crippen molar-refractivity contribution in [2.45, 2.75) is 44.2 Å². The van der Waals surface area contributed by atoms with Crippen molar-refractivity contribution in [1.82, 2.24) is 15.1 Å². The third-order valence-corrected chi connectivity index (χ3v) is 4.95. The molecule has 0 spiro atoms. The highest BCUT2D eigenvalue weighted by Gasteiger charge is 2.41. The van der Waals surface area contributed by atoms with Gasteiger partial charge in [0.1, 0.15) is 5.54 Å². The van der Waals surface area contributed by atoms with E-state index in [2.05, 4.69) is 15.1 Å². The standard InChI is InChI=1S/C16H29N3O2/c1-16(15(20)21-2,17-14-5-6-14)12-19-9-7-18(8-10-19)11-13-3-4-13/h13-14,17H,3-12H2,1-2H3. The minimum Gasteiger partial charge on any atom is -0.468 e. The van der Waals surface area contributed by atoms with Gasteiger partial charge in [0.2, 0.25) is 0 Å². The first-order chi connectivity index (χ1) is 10.1. The second-order valence-corrected chi connectivity index (χ2v) is 7.26. The molecule has 0 bridgehead atoms. The van der Waals surface area contributed by atoms with Crippen LogP contribution in [0.15, 0.2) is 0 Å². The van der Waals surface area contributed by atoms with E-state index < -0.39 is 5.54 Å². The second kappa shape index (κ2) is 6.23. The molecule has 1 atom stereocenters. The predicted octanol–water partition coefficient (Wildman–Crippen LogP) is 0.698. The van der Waals surface area contributed by atoms with Crippen LogP contribution in [0.3, 0.4) is 0 Å². The Morgan fingerprint density at radius 1 is 1.14 bits per heavy atom. The largest absolute Gasteiger partial charge is 0.468 e. The van der Waals surface area contributed by atoms with E-state index in [0.717, 1.165) is 38.6 Å². The summed E-state index contributed by atoms with van der Waals surface area (Å²) in [4.78, 5) is 17.2. The Morgan fingerprint density at radius 2 is 1.76 bits per heavy atom. The van der Waals surface area contributed by atoms with E-state index in [1.807, 2.05) is 6.92 Å². The number of hydrogen-bond donors (Lipinski definition) is 1. The zero-order chi connectivity index (χ0) is 14.9.